The molecule has 6 heteroatoms. The standard InChI is InChI=1S/C17H15N3O2S/c1-22-16(21)14-6-4-13(5-7-14)12-20(17-19-9-10-23-17)15-3-2-8-18-11-15/h2-11H,12H2,1H3. The van der Waals surface area contributed by atoms with Gasteiger partial charge >= 0.3 is 5.97 Å². The highest BCUT2D eigenvalue weighted by Gasteiger charge is 2.13. The summed E-state index contributed by atoms with van der Waals surface area (Å²) in [7, 11) is 1.38. The molecular weight excluding hydrogens is 310 g/mol. The van der Waals surface area contributed by atoms with Crippen LogP contribution in [-0.2, 0) is 11.3 Å². The number of hydrogen-bond acceptors (Lipinski definition) is 6. The summed E-state index contributed by atoms with van der Waals surface area (Å²) in [5, 5.41) is 2.84. The van der Waals surface area contributed by atoms with Crippen LogP contribution in [0.3, 0.4) is 0 Å². The number of carbonyl (C=O) groups excluding carboxylic acids is 1. The summed E-state index contributed by atoms with van der Waals surface area (Å²) >= 11 is 1.57. The van der Waals surface area contributed by atoms with Crippen LogP contribution in [0.5, 0.6) is 0 Å². The van der Waals surface area contributed by atoms with Crippen LogP contribution in [0.4, 0.5) is 10.8 Å². The third-order valence-electron chi connectivity index (χ3n) is 3.32. The molecule has 0 saturated carbocycles. The first-order chi connectivity index (χ1) is 11.3. The summed E-state index contributed by atoms with van der Waals surface area (Å²) in [6.45, 7) is 0.640. The average Bonchev–Trinajstić information content (AvgIpc) is 3.14. The lowest BCUT2D eigenvalue weighted by molar-refractivity contribution is 0.0600. The maximum atomic E-state index is 11.5. The zero-order valence-corrected chi connectivity index (χ0v) is 13.4. The first-order valence-corrected chi connectivity index (χ1v) is 7.90. The van der Waals surface area contributed by atoms with Gasteiger partial charge in [-0.3, -0.25) is 4.98 Å². The van der Waals surface area contributed by atoms with E-state index in [0.29, 0.717) is 12.1 Å². The molecule has 116 valence electrons. The molecular formula is C17H15N3O2S. The SMILES string of the molecule is COC(=O)c1ccc(CN(c2cccnc2)c2nccs2)cc1. The molecule has 0 bridgehead atoms. The number of esters is 1. The van der Waals surface area contributed by atoms with Crippen LogP contribution in [-0.4, -0.2) is 23.0 Å². The second-order valence-electron chi connectivity index (χ2n) is 4.80. The summed E-state index contributed by atoms with van der Waals surface area (Å²) in [5.74, 6) is -0.333. The van der Waals surface area contributed by atoms with Crippen LogP contribution >= 0.6 is 11.3 Å². The van der Waals surface area contributed by atoms with E-state index < -0.39 is 0 Å². The third-order valence-corrected chi connectivity index (χ3v) is 4.12. The van der Waals surface area contributed by atoms with Crippen molar-refractivity contribution in [1.82, 2.24) is 9.97 Å². The highest BCUT2D eigenvalue weighted by Crippen LogP contribution is 2.28. The van der Waals surface area contributed by atoms with Gasteiger partial charge in [0.05, 0.1) is 31.1 Å². The van der Waals surface area contributed by atoms with E-state index in [1.165, 1.54) is 7.11 Å². The van der Waals surface area contributed by atoms with E-state index in [1.807, 2.05) is 35.8 Å². The molecule has 0 saturated heterocycles. The number of anilines is 2. The Morgan fingerprint density at radius 1 is 1.22 bits per heavy atom. The lowest BCUT2D eigenvalue weighted by Gasteiger charge is -2.21. The van der Waals surface area contributed by atoms with Gasteiger partial charge in [-0.05, 0) is 29.8 Å². The molecule has 0 amide bonds. The Bertz CT molecular complexity index is 758. The maximum Gasteiger partial charge on any atom is 0.337 e. The Balaban J connectivity index is 1.86. The fraction of sp³-hybridized carbons (Fsp3) is 0.118. The van der Waals surface area contributed by atoms with Gasteiger partial charge in [0.15, 0.2) is 5.13 Å². The van der Waals surface area contributed by atoms with Crippen molar-refractivity contribution in [2.45, 2.75) is 6.54 Å². The fourth-order valence-corrected chi connectivity index (χ4v) is 2.84. The Morgan fingerprint density at radius 3 is 2.65 bits per heavy atom. The Kier molecular flexibility index (Phi) is 4.63. The van der Waals surface area contributed by atoms with Crippen LogP contribution in [0.15, 0.2) is 60.4 Å². The van der Waals surface area contributed by atoms with Crippen molar-refractivity contribution >= 4 is 28.1 Å². The van der Waals surface area contributed by atoms with Gasteiger partial charge in [-0.25, -0.2) is 9.78 Å². The monoisotopic (exact) mass is 325 g/mol. The summed E-state index contributed by atoms with van der Waals surface area (Å²) < 4.78 is 4.72. The van der Waals surface area contributed by atoms with Crippen LogP contribution in [0.2, 0.25) is 0 Å². The van der Waals surface area contributed by atoms with E-state index in [1.54, 1.807) is 35.9 Å². The van der Waals surface area contributed by atoms with E-state index in [2.05, 4.69) is 14.9 Å². The smallest absolute Gasteiger partial charge is 0.337 e. The van der Waals surface area contributed by atoms with Crippen molar-refractivity contribution in [2.75, 3.05) is 12.0 Å². The lowest BCUT2D eigenvalue weighted by Crippen LogP contribution is -2.16. The average molecular weight is 325 g/mol. The number of rotatable bonds is 5. The zero-order chi connectivity index (χ0) is 16.1. The van der Waals surface area contributed by atoms with E-state index in [-0.39, 0.29) is 5.97 Å². The Labute approximate surface area is 138 Å². The van der Waals surface area contributed by atoms with Gasteiger partial charge in [0, 0.05) is 17.8 Å². The number of ether oxygens (including phenoxy) is 1. The molecule has 0 aliphatic carbocycles. The molecule has 5 nitrogen and oxygen atoms in total. The summed E-state index contributed by atoms with van der Waals surface area (Å²) in [6, 6.07) is 11.3. The first kappa shape index (κ1) is 15.2. The minimum Gasteiger partial charge on any atom is -0.465 e. The molecule has 0 radical (unpaired) electrons. The fourth-order valence-electron chi connectivity index (χ4n) is 2.18. The Morgan fingerprint density at radius 2 is 2.04 bits per heavy atom. The molecule has 2 heterocycles. The molecule has 0 aliphatic rings. The number of hydrogen-bond donors (Lipinski definition) is 0. The molecule has 3 aromatic rings. The molecule has 0 unspecified atom stereocenters. The molecule has 0 aliphatic heterocycles. The third kappa shape index (κ3) is 3.54. The van der Waals surface area contributed by atoms with Gasteiger partial charge in [-0.15, -0.1) is 11.3 Å². The molecule has 3 rings (SSSR count). The van der Waals surface area contributed by atoms with Crippen molar-refractivity contribution < 1.29 is 9.53 Å². The second-order valence-corrected chi connectivity index (χ2v) is 5.67. The molecule has 2 aromatic heterocycles. The largest absolute Gasteiger partial charge is 0.465 e. The quantitative estimate of drug-likeness (QED) is 0.670. The number of nitrogens with zero attached hydrogens (tertiary/aromatic N) is 3. The van der Waals surface area contributed by atoms with E-state index in [4.69, 9.17) is 4.74 Å². The molecule has 0 N–H and O–H groups in total. The number of methoxy groups -OCH3 is 1. The summed E-state index contributed by atoms with van der Waals surface area (Å²) in [4.78, 5) is 22.2. The molecule has 0 spiro atoms. The normalized spacial score (nSPS) is 10.3. The van der Waals surface area contributed by atoms with Crippen LogP contribution in [0.1, 0.15) is 15.9 Å². The van der Waals surface area contributed by atoms with Crippen molar-refractivity contribution in [1.29, 1.82) is 0 Å². The van der Waals surface area contributed by atoms with E-state index in [0.717, 1.165) is 16.4 Å². The van der Waals surface area contributed by atoms with Crippen molar-refractivity contribution in [3.05, 3.63) is 71.5 Å². The zero-order valence-electron chi connectivity index (χ0n) is 12.5. The number of thiazole rings is 1. The Hall–Kier alpha value is -2.73. The summed E-state index contributed by atoms with van der Waals surface area (Å²) in [5.41, 5.74) is 2.58. The topological polar surface area (TPSA) is 55.3 Å². The second kappa shape index (κ2) is 7.02. The van der Waals surface area contributed by atoms with Gasteiger partial charge in [-0.1, -0.05) is 12.1 Å². The minimum absolute atomic E-state index is 0.333. The van der Waals surface area contributed by atoms with E-state index >= 15 is 0 Å². The molecule has 1 aromatic carbocycles. The summed E-state index contributed by atoms with van der Waals surface area (Å²) in [6.07, 6.45) is 5.34. The van der Waals surface area contributed by atoms with Crippen molar-refractivity contribution in [2.24, 2.45) is 0 Å². The number of pyridine rings is 1. The number of aromatic nitrogens is 2. The van der Waals surface area contributed by atoms with Gasteiger partial charge in [0.1, 0.15) is 0 Å². The van der Waals surface area contributed by atoms with Gasteiger partial charge in [-0.2, -0.15) is 0 Å². The highest BCUT2D eigenvalue weighted by molar-refractivity contribution is 7.13. The lowest BCUT2D eigenvalue weighted by atomic mass is 10.1. The van der Waals surface area contributed by atoms with Gasteiger partial charge in [0.2, 0.25) is 0 Å². The molecule has 0 fully saturated rings. The van der Waals surface area contributed by atoms with Gasteiger partial charge < -0.3 is 9.64 Å². The number of benzene rings is 1. The van der Waals surface area contributed by atoms with Gasteiger partial charge in [0.25, 0.3) is 0 Å². The maximum absolute atomic E-state index is 11.5. The first-order valence-electron chi connectivity index (χ1n) is 7.02. The predicted molar refractivity (Wildman–Crippen MR) is 90.0 cm³/mol. The highest BCUT2D eigenvalue weighted by atomic mass is 32.1. The molecule has 23 heavy (non-hydrogen) atoms. The number of carbonyl (C=O) groups is 1. The van der Waals surface area contributed by atoms with Crippen LogP contribution in [0, 0.1) is 0 Å². The van der Waals surface area contributed by atoms with Crippen LogP contribution < -0.4 is 4.90 Å². The molecule has 0 atom stereocenters. The van der Waals surface area contributed by atoms with E-state index in [9.17, 15) is 4.79 Å². The van der Waals surface area contributed by atoms with Crippen molar-refractivity contribution in [3.8, 4) is 0 Å². The minimum atomic E-state index is -0.333. The predicted octanol–water partition coefficient (Wildman–Crippen LogP) is 3.66. The van der Waals surface area contributed by atoms with Crippen molar-refractivity contribution in [3.63, 3.8) is 0 Å². The van der Waals surface area contributed by atoms with Crippen LogP contribution in [0.25, 0.3) is 0 Å².